The summed E-state index contributed by atoms with van der Waals surface area (Å²) in [6.07, 6.45) is 2.40. The van der Waals surface area contributed by atoms with Crippen LogP contribution in [0.2, 0.25) is 0 Å². The predicted octanol–water partition coefficient (Wildman–Crippen LogP) is 3.45. The van der Waals surface area contributed by atoms with Crippen LogP contribution in [0.3, 0.4) is 0 Å². The van der Waals surface area contributed by atoms with Gasteiger partial charge >= 0.3 is 5.97 Å². The summed E-state index contributed by atoms with van der Waals surface area (Å²) in [7, 11) is -2.56. The van der Waals surface area contributed by atoms with E-state index in [2.05, 4.69) is 0 Å². The summed E-state index contributed by atoms with van der Waals surface area (Å²) in [5, 5.41) is 9.67. The highest BCUT2D eigenvalue weighted by atomic mass is 32.2. The van der Waals surface area contributed by atoms with Gasteiger partial charge in [-0.25, -0.2) is 8.42 Å². The maximum Gasteiger partial charge on any atom is 0.325 e. The predicted molar refractivity (Wildman–Crippen MR) is 89.5 cm³/mol. The Bertz CT molecular complexity index is 673. The van der Waals surface area contributed by atoms with E-state index in [1.54, 1.807) is 13.0 Å². The number of ether oxygens (including phenoxy) is 1. The minimum Gasteiger partial charge on any atom is -0.497 e. The van der Waals surface area contributed by atoms with Gasteiger partial charge in [-0.3, -0.25) is 4.79 Å². The van der Waals surface area contributed by atoms with Crippen molar-refractivity contribution in [3.63, 3.8) is 0 Å². The minimum atomic E-state index is -4.04. The van der Waals surface area contributed by atoms with Gasteiger partial charge in [-0.1, -0.05) is 25.5 Å². The molecule has 1 atom stereocenters. The molecule has 0 aromatic heterocycles. The SMILES string of the molecule is CC/C(C)=C\CC(CC)(C(=O)O)S(=O)(=O)c1ccc(OC)cc1. The number of hydrogen-bond donors (Lipinski definition) is 1. The zero-order valence-corrected chi connectivity index (χ0v) is 14.8. The monoisotopic (exact) mass is 340 g/mol. The van der Waals surface area contributed by atoms with E-state index in [0.29, 0.717) is 5.75 Å². The first-order chi connectivity index (χ1) is 10.7. The van der Waals surface area contributed by atoms with E-state index < -0.39 is 20.6 Å². The Morgan fingerprint density at radius 1 is 1.26 bits per heavy atom. The molecule has 1 unspecified atom stereocenters. The van der Waals surface area contributed by atoms with Crippen LogP contribution in [-0.2, 0) is 14.6 Å². The molecular formula is C17H24O5S. The second kappa shape index (κ2) is 7.64. The van der Waals surface area contributed by atoms with Crippen molar-refractivity contribution in [1.82, 2.24) is 0 Å². The van der Waals surface area contributed by atoms with Crippen molar-refractivity contribution in [1.29, 1.82) is 0 Å². The van der Waals surface area contributed by atoms with Crippen molar-refractivity contribution >= 4 is 15.8 Å². The number of aliphatic carboxylic acids is 1. The highest BCUT2D eigenvalue weighted by Crippen LogP contribution is 2.34. The van der Waals surface area contributed by atoms with Crippen molar-refractivity contribution < 1.29 is 23.1 Å². The van der Waals surface area contributed by atoms with Crippen LogP contribution < -0.4 is 4.74 Å². The Morgan fingerprint density at radius 2 is 1.83 bits per heavy atom. The first-order valence-corrected chi connectivity index (χ1v) is 9.01. The van der Waals surface area contributed by atoms with Crippen LogP contribution in [0.5, 0.6) is 5.75 Å². The van der Waals surface area contributed by atoms with Crippen LogP contribution in [0.25, 0.3) is 0 Å². The minimum absolute atomic E-state index is 0.00917. The summed E-state index contributed by atoms with van der Waals surface area (Å²) in [4.78, 5) is 11.9. The Kier molecular flexibility index (Phi) is 6.38. The van der Waals surface area contributed by atoms with Gasteiger partial charge in [0.2, 0.25) is 0 Å². The third-order valence-electron chi connectivity index (χ3n) is 4.18. The van der Waals surface area contributed by atoms with E-state index in [0.717, 1.165) is 12.0 Å². The molecule has 0 saturated carbocycles. The smallest absolute Gasteiger partial charge is 0.325 e. The average molecular weight is 340 g/mol. The van der Waals surface area contributed by atoms with Crippen molar-refractivity contribution in [3.8, 4) is 5.75 Å². The summed E-state index contributed by atoms with van der Waals surface area (Å²) in [6.45, 7) is 5.39. The number of benzene rings is 1. The third kappa shape index (κ3) is 3.75. The number of carboxylic acid groups (broad SMARTS) is 1. The summed E-state index contributed by atoms with van der Waals surface area (Å²) < 4.78 is 29.1. The van der Waals surface area contributed by atoms with Crippen LogP contribution in [0.15, 0.2) is 40.8 Å². The Balaban J connectivity index is 3.41. The second-order valence-corrected chi connectivity index (χ2v) is 7.70. The molecule has 0 aliphatic heterocycles. The molecule has 0 bridgehead atoms. The first kappa shape index (κ1) is 19.2. The molecular weight excluding hydrogens is 316 g/mol. The van der Waals surface area contributed by atoms with Gasteiger partial charge in [0, 0.05) is 0 Å². The summed E-state index contributed by atoms with van der Waals surface area (Å²) >= 11 is 0. The molecule has 128 valence electrons. The fourth-order valence-electron chi connectivity index (χ4n) is 2.26. The number of hydrogen-bond acceptors (Lipinski definition) is 4. The molecule has 0 spiro atoms. The van der Waals surface area contributed by atoms with Crippen molar-refractivity contribution in [2.45, 2.75) is 49.7 Å². The van der Waals surface area contributed by atoms with Gasteiger partial charge in [-0.05, 0) is 50.5 Å². The summed E-state index contributed by atoms with van der Waals surface area (Å²) in [5.74, 6) is -0.806. The number of allylic oxidation sites excluding steroid dienone is 2. The van der Waals surface area contributed by atoms with Crippen LogP contribution in [0.1, 0.15) is 40.0 Å². The van der Waals surface area contributed by atoms with Gasteiger partial charge < -0.3 is 9.84 Å². The molecule has 5 nitrogen and oxygen atoms in total. The van der Waals surface area contributed by atoms with Gasteiger partial charge in [0.05, 0.1) is 12.0 Å². The fraction of sp³-hybridized carbons (Fsp3) is 0.471. The molecule has 0 radical (unpaired) electrons. The van der Waals surface area contributed by atoms with Gasteiger partial charge in [0.25, 0.3) is 0 Å². The molecule has 0 saturated heterocycles. The zero-order valence-electron chi connectivity index (χ0n) is 14.0. The number of sulfone groups is 1. The van der Waals surface area contributed by atoms with E-state index in [1.807, 2.05) is 13.8 Å². The van der Waals surface area contributed by atoms with Gasteiger partial charge in [0.1, 0.15) is 5.75 Å². The molecule has 0 aliphatic rings. The lowest BCUT2D eigenvalue weighted by Crippen LogP contribution is -2.45. The lowest BCUT2D eigenvalue weighted by molar-refractivity contribution is -0.140. The molecule has 0 aliphatic carbocycles. The third-order valence-corrected chi connectivity index (χ3v) is 6.73. The van der Waals surface area contributed by atoms with Gasteiger partial charge in [-0.15, -0.1) is 0 Å². The van der Waals surface area contributed by atoms with E-state index in [-0.39, 0.29) is 17.7 Å². The van der Waals surface area contributed by atoms with Crippen molar-refractivity contribution in [3.05, 3.63) is 35.9 Å². The number of methoxy groups -OCH3 is 1. The Morgan fingerprint density at radius 3 is 2.22 bits per heavy atom. The van der Waals surface area contributed by atoms with E-state index in [1.165, 1.54) is 31.4 Å². The zero-order chi connectivity index (χ0) is 17.7. The quantitative estimate of drug-likeness (QED) is 0.733. The first-order valence-electron chi connectivity index (χ1n) is 7.52. The number of rotatable bonds is 8. The normalized spacial score (nSPS) is 15.0. The maximum atomic E-state index is 13.0. The van der Waals surface area contributed by atoms with Gasteiger partial charge in [-0.2, -0.15) is 0 Å². The van der Waals surface area contributed by atoms with Crippen molar-refractivity contribution in [2.75, 3.05) is 7.11 Å². The molecule has 23 heavy (non-hydrogen) atoms. The highest BCUT2D eigenvalue weighted by Gasteiger charge is 2.49. The average Bonchev–Trinajstić information content (AvgIpc) is 2.54. The molecule has 1 rings (SSSR count). The fourth-order valence-corrected chi connectivity index (χ4v) is 4.12. The second-order valence-electron chi connectivity index (χ2n) is 5.44. The van der Waals surface area contributed by atoms with E-state index >= 15 is 0 Å². The molecule has 1 N–H and O–H groups in total. The lowest BCUT2D eigenvalue weighted by atomic mass is 9.99. The van der Waals surface area contributed by atoms with E-state index in [9.17, 15) is 18.3 Å². The highest BCUT2D eigenvalue weighted by molar-refractivity contribution is 7.93. The molecule has 1 aromatic rings. The molecule has 1 aromatic carbocycles. The molecule has 0 fully saturated rings. The number of carbonyl (C=O) groups is 1. The summed E-state index contributed by atoms with van der Waals surface area (Å²) in [5.41, 5.74) is 0.967. The van der Waals surface area contributed by atoms with E-state index in [4.69, 9.17) is 4.74 Å². The molecule has 6 heteroatoms. The largest absolute Gasteiger partial charge is 0.497 e. The summed E-state index contributed by atoms with van der Waals surface area (Å²) in [6, 6.07) is 5.81. The topological polar surface area (TPSA) is 80.7 Å². The molecule has 0 heterocycles. The Labute approximate surface area is 137 Å². The van der Waals surface area contributed by atoms with Crippen LogP contribution >= 0.6 is 0 Å². The lowest BCUT2D eigenvalue weighted by Gasteiger charge is -2.27. The van der Waals surface area contributed by atoms with Crippen molar-refractivity contribution in [2.24, 2.45) is 0 Å². The maximum absolute atomic E-state index is 13.0. The Hall–Kier alpha value is -1.82. The molecule has 0 amide bonds. The van der Waals surface area contributed by atoms with Crippen LogP contribution in [-0.4, -0.2) is 31.4 Å². The standard InChI is InChI=1S/C17H24O5S/c1-5-13(3)11-12-17(6-2,16(18)19)23(20,21)15-9-7-14(22-4)8-10-15/h7-11H,5-6,12H2,1-4H3,(H,18,19)/b13-11-. The van der Waals surface area contributed by atoms with Crippen LogP contribution in [0.4, 0.5) is 0 Å². The number of carboxylic acids is 1. The van der Waals surface area contributed by atoms with Crippen LogP contribution in [0, 0.1) is 0 Å². The van der Waals surface area contributed by atoms with Gasteiger partial charge in [0.15, 0.2) is 14.6 Å².